The van der Waals surface area contributed by atoms with Crippen LogP contribution in [-0.2, 0) is 6.54 Å². The molecule has 0 atom stereocenters. The minimum Gasteiger partial charge on any atom is -0.323 e. The molecule has 0 saturated carbocycles. The van der Waals surface area contributed by atoms with Crippen molar-refractivity contribution >= 4 is 46.3 Å². The molecule has 0 aliphatic carbocycles. The van der Waals surface area contributed by atoms with Gasteiger partial charge in [-0.1, -0.05) is 29.8 Å². The van der Waals surface area contributed by atoms with E-state index in [0.29, 0.717) is 16.3 Å². The average Bonchev–Trinajstić information content (AvgIpc) is 3.20. The van der Waals surface area contributed by atoms with E-state index >= 15 is 0 Å². The molecule has 0 saturated heterocycles. The predicted octanol–water partition coefficient (Wildman–Crippen LogP) is 5.46. The smallest absolute Gasteiger partial charge is 0.321 e. The number of benzene rings is 2. The Morgan fingerprint density at radius 2 is 1.79 bits per heavy atom. The van der Waals surface area contributed by atoms with Crippen molar-refractivity contribution in [1.29, 1.82) is 0 Å². The van der Waals surface area contributed by atoms with Crippen LogP contribution in [0.25, 0.3) is 0 Å². The van der Waals surface area contributed by atoms with E-state index in [2.05, 4.69) is 10.6 Å². The molecular formula is C20H17ClFN3O2S. The van der Waals surface area contributed by atoms with Gasteiger partial charge in [0.05, 0.1) is 11.4 Å². The second-order valence-electron chi connectivity index (χ2n) is 6.00. The molecule has 3 rings (SSSR count). The Morgan fingerprint density at radius 1 is 1.07 bits per heavy atom. The summed E-state index contributed by atoms with van der Waals surface area (Å²) in [4.78, 5) is 26.5. The number of rotatable bonds is 5. The Balaban J connectivity index is 1.64. The summed E-state index contributed by atoms with van der Waals surface area (Å²) in [6.45, 7) is 0.0200. The number of amides is 3. The molecule has 3 aromatic rings. The third kappa shape index (κ3) is 4.88. The quantitative estimate of drug-likeness (QED) is 0.579. The van der Waals surface area contributed by atoms with E-state index in [9.17, 15) is 14.0 Å². The van der Waals surface area contributed by atoms with Crippen molar-refractivity contribution in [2.24, 2.45) is 0 Å². The monoisotopic (exact) mass is 417 g/mol. The third-order valence-electron chi connectivity index (χ3n) is 3.92. The SMILES string of the molecule is CN(Cc1c(F)cccc1Cl)C(=O)Nc1cccc(NC(=O)c2cccs2)c1. The Hall–Kier alpha value is -2.90. The molecular weight excluding hydrogens is 401 g/mol. The number of nitrogens with zero attached hydrogens (tertiary/aromatic N) is 1. The van der Waals surface area contributed by atoms with Crippen LogP contribution in [0.4, 0.5) is 20.6 Å². The maximum atomic E-state index is 13.9. The van der Waals surface area contributed by atoms with E-state index in [1.807, 2.05) is 5.38 Å². The molecule has 0 aliphatic heterocycles. The Labute approximate surface area is 170 Å². The summed E-state index contributed by atoms with van der Waals surface area (Å²) in [5, 5.41) is 7.59. The molecule has 2 N–H and O–H groups in total. The lowest BCUT2D eigenvalue weighted by atomic mass is 10.2. The highest BCUT2D eigenvalue weighted by molar-refractivity contribution is 7.12. The van der Waals surface area contributed by atoms with Crippen LogP contribution in [0, 0.1) is 5.82 Å². The van der Waals surface area contributed by atoms with Crippen LogP contribution in [0.1, 0.15) is 15.2 Å². The van der Waals surface area contributed by atoms with E-state index in [1.54, 1.807) is 49.5 Å². The molecule has 0 fully saturated rings. The lowest BCUT2D eigenvalue weighted by molar-refractivity contribution is 0.103. The molecule has 0 radical (unpaired) electrons. The first kappa shape index (κ1) is 19.9. The molecule has 1 aromatic heterocycles. The summed E-state index contributed by atoms with van der Waals surface area (Å²) in [5.74, 6) is -0.685. The summed E-state index contributed by atoms with van der Waals surface area (Å²) < 4.78 is 13.9. The number of hydrogen-bond acceptors (Lipinski definition) is 3. The van der Waals surface area contributed by atoms with Crippen molar-refractivity contribution in [3.8, 4) is 0 Å². The lowest BCUT2D eigenvalue weighted by Crippen LogP contribution is -2.31. The van der Waals surface area contributed by atoms with Gasteiger partial charge in [-0.05, 0) is 41.8 Å². The van der Waals surface area contributed by atoms with Crippen molar-refractivity contribution < 1.29 is 14.0 Å². The van der Waals surface area contributed by atoms with Gasteiger partial charge < -0.3 is 15.5 Å². The molecule has 5 nitrogen and oxygen atoms in total. The van der Waals surface area contributed by atoms with Gasteiger partial charge in [0.15, 0.2) is 0 Å². The van der Waals surface area contributed by atoms with Gasteiger partial charge in [0, 0.05) is 29.0 Å². The number of urea groups is 1. The molecule has 0 unspecified atom stereocenters. The highest BCUT2D eigenvalue weighted by Crippen LogP contribution is 2.21. The maximum Gasteiger partial charge on any atom is 0.321 e. The van der Waals surface area contributed by atoms with Crippen LogP contribution >= 0.6 is 22.9 Å². The molecule has 3 amide bonds. The second kappa shape index (κ2) is 8.86. The van der Waals surface area contributed by atoms with Gasteiger partial charge >= 0.3 is 6.03 Å². The number of hydrogen-bond donors (Lipinski definition) is 2. The van der Waals surface area contributed by atoms with Crippen molar-refractivity contribution in [1.82, 2.24) is 4.90 Å². The van der Waals surface area contributed by atoms with Crippen LogP contribution in [0.3, 0.4) is 0 Å². The first-order valence-corrected chi connectivity index (χ1v) is 9.59. The van der Waals surface area contributed by atoms with Crippen molar-refractivity contribution in [2.75, 3.05) is 17.7 Å². The predicted molar refractivity (Wildman–Crippen MR) is 111 cm³/mol. The third-order valence-corrected chi connectivity index (χ3v) is 5.14. The van der Waals surface area contributed by atoms with Crippen LogP contribution in [0.2, 0.25) is 5.02 Å². The molecule has 0 bridgehead atoms. The lowest BCUT2D eigenvalue weighted by Gasteiger charge is -2.19. The van der Waals surface area contributed by atoms with E-state index < -0.39 is 11.8 Å². The second-order valence-corrected chi connectivity index (χ2v) is 7.35. The van der Waals surface area contributed by atoms with Gasteiger partial charge in [-0.3, -0.25) is 4.79 Å². The average molecular weight is 418 g/mol. The van der Waals surface area contributed by atoms with Crippen molar-refractivity contribution in [2.45, 2.75) is 6.54 Å². The normalized spacial score (nSPS) is 10.4. The zero-order valence-electron chi connectivity index (χ0n) is 14.9. The number of halogens is 2. The summed E-state index contributed by atoms with van der Waals surface area (Å²) in [7, 11) is 1.54. The van der Waals surface area contributed by atoms with Crippen molar-refractivity contribution in [3.63, 3.8) is 0 Å². The zero-order valence-corrected chi connectivity index (χ0v) is 16.5. The fourth-order valence-corrected chi connectivity index (χ4v) is 3.33. The van der Waals surface area contributed by atoms with E-state index in [4.69, 9.17) is 11.6 Å². The van der Waals surface area contributed by atoms with Crippen LogP contribution in [0.15, 0.2) is 60.0 Å². The molecule has 8 heteroatoms. The number of anilines is 2. The van der Waals surface area contributed by atoms with Gasteiger partial charge in [-0.25, -0.2) is 9.18 Å². The molecule has 0 spiro atoms. The van der Waals surface area contributed by atoms with E-state index in [0.717, 1.165) is 0 Å². The zero-order chi connectivity index (χ0) is 20.1. The van der Waals surface area contributed by atoms with Crippen molar-refractivity contribution in [3.05, 3.63) is 81.3 Å². The number of thiophene rings is 1. The highest BCUT2D eigenvalue weighted by Gasteiger charge is 2.15. The largest absolute Gasteiger partial charge is 0.323 e. The van der Waals surface area contributed by atoms with Gasteiger partial charge in [0.25, 0.3) is 5.91 Å². The Kier molecular flexibility index (Phi) is 6.28. The summed E-state index contributed by atoms with van der Waals surface area (Å²) >= 11 is 7.35. The summed E-state index contributed by atoms with van der Waals surface area (Å²) in [6.07, 6.45) is 0. The first-order chi connectivity index (χ1) is 13.4. The minimum atomic E-state index is -0.467. The Morgan fingerprint density at radius 3 is 2.46 bits per heavy atom. The topological polar surface area (TPSA) is 61.4 Å². The fraction of sp³-hybridized carbons (Fsp3) is 0.100. The number of carbonyl (C=O) groups is 2. The molecule has 0 aliphatic rings. The number of nitrogens with one attached hydrogen (secondary N) is 2. The molecule has 28 heavy (non-hydrogen) atoms. The standard InChI is InChI=1S/C20H17ClFN3O2S/c1-25(12-15-16(21)7-3-8-17(15)22)20(27)24-14-6-2-5-13(11-14)23-19(26)18-9-4-10-28-18/h2-11H,12H2,1H3,(H,23,26)(H,24,27). The first-order valence-electron chi connectivity index (χ1n) is 8.34. The molecule has 2 aromatic carbocycles. The van der Waals surface area contributed by atoms with Gasteiger partial charge in [-0.15, -0.1) is 11.3 Å². The van der Waals surface area contributed by atoms with Crippen LogP contribution in [-0.4, -0.2) is 23.9 Å². The van der Waals surface area contributed by atoms with Crippen LogP contribution < -0.4 is 10.6 Å². The number of carbonyl (C=O) groups excluding carboxylic acids is 2. The molecule has 144 valence electrons. The van der Waals surface area contributed by atoms with Crippen LogP contribution in [0.5, 0.6) is 0 Å². The minimum absolute atomic E-state index is 0.0200. The van der Waals surface area contributed by atoms with E-state index in [-0.39, 0.29) is 23.0 Å². The summed E-state index contributed by atoms with van der Waals surface area (Å²) in [5.41, 5.74) is 1.30. The highest BCUT2D eigenvalue weighted by atomic mass is 35.5. The fourth-order valence-electron chi connectivity index (χ4n) is 2.49. The van der Waals surface area contributed by atoms with Gasteiger partial charge in [0.1, 0.15) is 5.82 Å². The van der Waals surface area contributed by atoms with E-state index in [1.165, 1.54) is 28.4 Å². The van der Waals surface area contributed by atoms with Gasteiger partial charge in [-0.2, -0.15) is 0 Å². The Bertz CT molecular complexity index is 975. The van der Waals surface area contributed by atoms with Gasteiger partial charge in [0.2, 0.25) is 0 Å². The summed E-state index contributed by atoms with van der Waals surface area (Å²) in [6, 6.07) is 14.3. The molecule has 1 heterocycles. The maximum absolute atomic E-state index is 13.9.